The van der Waals surface area contributed by atoms with Crippen LogP contribution in [0, 0.1) is 0 Å². The molecule has 11 heteroatoms. The summed E-state index contributed by atoms with van der Waals surface area (Å²) in [7, 11) is -3.92. The van der Waals surface area contributed by atoms with E-state index in [1.54, 1.807) is 18.2 Å². The van der Waals surface area contributed by atoms with Gasteiger partial charge in [0.25, 0.3) is 15.9 Å². The number of halogens is 1. The van der Waals surface area contributed by atoms with E-state index in [9.17, 15) is 18.0 Å². The maximum atomic E-state index is 12.5. The molecule has 0 radical (unpaired) electrons. The van der Waals surface area contributed by atoms with Gasteiger partial charge in [-0.1, -0.05) is 15.9 Å². The number of hydrogen-bond donors (Lipinski definition) is 3. The van der Waals surface area contributed by atoms with E-state index in [2.05, 4.69) is 26.6 Å². The van der Waals surface area contributed by atoms with E-state index in [1.165, 1.54) is 24.3 Å². The summed E-state index contributed by atoms with van der Waals surface area (Å²) in [5.74, 6) is -0.726. The van der Waals surface area contributed by atoms with Crippen molar-refractivity contribution in [3.63, 3.8) is 0 Å². The van der Waals surface area contributed by atoms with Crippen LogP contribution in [0.1, 0.15) is 24.2 Å². The molecule has 0 saturated carbocycles. The lowest BCUT2D eigenvalue weighted by molar-refractivity contribution is -0.117. The van der Waals surface area contributed by atoms with Crippen LogP contribution >= 0.6 is 28.1 Å². The Labute approximate surface area is 182 Å². The van der Waals surface area contributed by atoms with Gasteiger partial charge in [-0.2, -0.15) is 0 Å². The van der Waals surface area contributed by atoms with Gasteiger partial charge in [-0.25, -0.2) is 13.1 Å². The highest BCUT2D eigenvalue weighted by Gasteiger charge is 2.16. The highest BCUT2D eigenvalue weighted by atomic mass is 79.9. The fraction of sp³-hybridized carbons (Fsp3) is 0.167. The summed E-state index contributed by atoms with van der Waals surface area (Å²) in [6.07, 6.45) is 0. The van der Waals surface area contributed by atoms with Gasteiger partial charge < -0.3 is 10.1 Å². The number of thiocarbonyl (C=S) groups is 1. The molecule has 154 valence electrons. The molecule has 0 aliphatic carbocycles. The molecule has 0 aliphatic rings. The number of benzene rings is 2. The molecule has 2 aromatic carbocycles. The van der Waals surface area contributed by atoms with Crippen LogP contribution in [0.4, 0.5) is 5.69 Å². The zero-order chi connectivity index (χ0) is 21.6. The van der Waals surface area contributed by atoms with Crippen molar-refractivity contribution >= 4 is 60.8 Å². The molecule has 0 atom stereocenters. The highest BCUT2D eigenvalue weighted by Crippen LogP contribution is 2.23. The molecule has 0 heterocycles. The Morgan fingerprint density at radius 1 is 1.14 bits per heavy atom. The normalized spacial score (nSPS) is 10.7. The van der Waals surface area contributed by atoms with Crippen LogP contribution in [-0.4, -0.2) is 32.0 Å². The van der Waals surface area contributed by atoms with Crippen LogP contribution in [0.15, 0.2) is 51.8 Å². The molecule has 0 aliphatic heterocycles. The summed E-state index contributed by atoms with van der Waals surface area (Å²) < 4.78 is 31.9. The Bertz CT molecular complexity index is 1040. The van der Waals surface area contributed by atoms with E-state index in [0.717, 1.165) is 6.92 Å². The average molecular weight is 500 g/mol. The van der Waals surface area contributed by atoms with Crippen LogP contribution in [0.3, 0.4) is 0 Å². The summed E-state index contributed by atoms with van der Waals surface area (Å²) in [4.78, 5) is 23.4. The molecule has 0 fully saturated rings. The number of anilines is 1. The Kier molecular flexibility index (Phi) is 7.71. The molecule has 2 aromatic rings. The smallest absolute Gasteiger partial charge is 0.264 e. The minimum atomic E-state index is -3.92. The number of ether oxygens (including phenoxy) is 1. The van der Waals surface area contributed by atoms with Gasteiger partial charge in [0.2, 0.25) is 5.91 Å². The molecule has 0 aromatic heterocycles. The standard InChI is InChI=1S/C18H18BrN3O5S2/c1-3-27-16-9-4-12(19)10-15(16)17(24)21-18(28)20-13-5-7-14(8-6-13)29(25,26)22-11(2)23/h4-10H,3H2,1-2H3,(H,22,23)(H2,20,21,24,28). The topological polar surface area (TPSA) is 114 Å². The molecule has 0 unspecified atom stereocenters. The molecular weight excluding hydrogens is 482 g/mol. The van der Waals surface area contributed by atoms with Crippen molar-refractivity contribution in [2.75, 3.05) is 11.9 Å². The van der Waals surface area contributed by atoms with Crippen LogP contribution in [-0.2, 0) is 14.8 Å². The lowest BCUT2D eigenvalue weighted by atomic mass is 10.2. The Hall–Kier alpha value is -2.50. The van der Waals surface area contributed by atoms with Crippen LogP contribution in [0.25, 0.3) is 0 Å². The van der Waals surface area contributed by atoms with Gasteiger partial charge in [0.15, 0.2) is 5.11 Å². The fourth-order valence-corrected chi connectivity index (χ4v) is 3.82. The first-order chi connectivity index (χ1) is 13.6. The van der Waals surface area contributed by atoms with Crippen LogP contribution in [0.2, 0.25) is 0 Å². The molecule has 0 saturated heterocycles. The van der Waals surface area contributed by atoms with Gasteiger partial charge in [-0.3, -0.25) is 14.9 Å². The van der Waals surface area contributed by atoms with Crippen molar-refractivity contribution in [3.8, 4) is 5.75 Å². The van der Waals surface area contributed by atoms with E-state index in [-0.39, 0.29) is 10.0 Å². The second-order valence-electron chi connectivity index (χ2n) is 5.67. The first-order valence-electron chi connectivity index (χ1n) is 8.30. The third kappa shape index (κ3) is 6.51. The van der Waals surface area contributed by atoms with E-state index in [0.29, 0.717) is 28.1 Å². The highest BCUT2D eigenvalue weighted by molar-refractivity contribution is 9.10. The summed E-state index contributed by atoms with van der Waals surface area (Å²) >= 11 is 8.46. The first-order valence-corrected chi connectivity index (χ1v) is 11.0. The molecule has 3 N–H and O–H groups in total. The number of carbonyl (C=O) groups is 2. The fourth-order valence-electron chi connectivity index (χ4n) is 2.26. The lowest BCUT2D eigenvalue weighted by Crippen LogP contribution is -2.34. The molecule has 8 nitrogen and oxygen atoms in total. The second kappa shape index (κ2) is 9.81. The van der Waals surface area contributed by atoms with Crippen molar-refractivity contribution in [3.05, 3.63) is 52.5 Å². The largest absolute Gasteiger partial charge is 0.493 e. The minimum absolute atomic E-state index is 0.0230. The van der Waals surface area contributed by atoms with Gasteiger partial charge in [0.05, 0.1) is 17.1 Å². The van der Waals surface area contributed by atoms with Gasteiger partial charge in [-0.15, -0.1) is 0 Å². The zero-order valence-electron chi connectivity index (χ0n) is 15.5. The quantitative estimate of drug-likeness (QED) is 0.523. The third-order valence-electron chi connectivity index (χ3n) is 3.41. The third-order valence-corrected chi connectivity index (χ3v) is 5.56. The van der Waals surface area contributed by atoms with E-state index in [4.69, 9.17) is 17.0 Å². The molecule has 0 spiro atoms. The number of sulfonamides is 1. The van der Waals surface area contributed by atoms with E-state index < -0.39 is 21.8 Å². The number of hydrogen-bond acceptors (Lipinski definition) is 6. The van der Waals surface area contributed by atoms with Crippen molar-refractivity contribution < 1.29 is 22.7 Å². The Morgan fingerprint density at radius 2 is 1.79 bits per heavy atom. The van der Waals surface area contributed by atoms with Gasteiger partial charge in [0.1, 0.15) is 5.75 Å². The molecular formula is C18H18BrN3O5S2. The maximum absolute atomic E-state index is 12.5. The molecule has 2 rings (SSSR count). The summed E-state index contributed by atoms with van der Waals surface area (Å²) in [5, 5.41) is 5.36. The first kappa shape index (κ1) is 22.8. The maximum Gasteiger partial charge on any atom is 0.264 e. The van der Waals surface area contributed by atoms with E-state index >= 15 is 0 Å². The monoisotopic (exact) mass is 499 g/mol. The zero-order valence-corrected chi connectivity index (χ0v) is 18.7. The lowest BCUT2D eigenvalue weighted by Gasteiger charge is -2.13. The van der Waals surface area contributed by atoms with E-state index in [1.807, 2.05) is 11.6 Å². The average Bonchev–Trinajstić information content (AvgIpc) is 2.62. The number of rotatable bonds is 6. The van der Waals surface area contributed by atoms with Gasteiger partial charge in [-0.05, 0) is 61.6 Å². The van der Waals surface area contributed by atoms with Crippen molar-refractivity contribution in [2.45, 2.75) is 18.7 Å². The SMILES string of the molecule is CCOc1ccc(Br)cc1C(=O)NC(=S)Nc1ccc(S(=O)(=O)NC(C)=O)cc1. The Balaban J connectivity index is 2.07. The summed E-state index contributed by atoms with van der Waals surface area (Å²) in [6.45, 7) is 3.32. The minimum Gasteiger partial charge on any atom is -0.493 e. The van der Waals surface area contributed by atoms with Gasteiger partial charge >= 0.3 is 0 Å². The van der Waals surface area contributed by atoms with Crippen LogP contribution in [0.5, 0.6) is 5.75 Å². The predicted molar refractivity (Wildman–Crippen MR) is 116 cm³/mol. The van der Waals surface area contributed by atoms with Crippen molar-refractivity contribution in [2.24, 2.45) is 0 Å². The van der Waals surface area contributed by atoms with Crippen molar-refractivity contribution in [1.29, 1.82) is 0 Å². The molecule has 29 heavy (non-hydrogen) atoms. The number of nitrogens with one attached hydrogen (secondary N) is 3. The molecule has 0 bridgehead atoms. The van der Waals surface area contributed by atoms with Crippen LogP contribution < -0.4 is 20.1 Å². The number of carbonyl (C=O) groups excluding carboxylic acids is 2. The summed E-state index contributed by atoms with van der Waals surface area (Å²) in [5.41, 5.74) is 0.762. The molecule has 2 amide bonds. The van der Waals surface area contributed by atoms with Crippen molar-refractivity contribution in [1.82, 2.24) is 10.0 Å². The predicted octanol–water partition coefficient (Wildman–Crippen LogP) is 2.80. The Morgan fingerprint density at radius 3 is 2.38 bits per heavy atom. The summed E-state index contributed by atoms with van der Waals surface area (Å²) in [6, 6.07) is 10.6. The van der Waals surface area contributed by atoms with Gasteiger partial charge in [0, 0.05) is 17.1 Å². The second-order valence-corrected chi connectivity index (χ2v) is 8.67. The number of amides is 2.